The van der Waals surface area contributed by atoms with Crippen LogP contribution in [0.3, 0.4) is 0 Å². The van der Waals surface area contributed by atoms with Gasteiger partial charge in [-0.2, -0.15) is 4.72 Å². The molecule has 5 rings (SSSR count). The highest BCUT2D eigenvalue weighted by Crippen LogP contribution is 2.43. The molecule has 4 N–H and O–H groups in total. The van der Waals surface area contributed by atoms with Crippen molar-refractivity contribution in [2.75, 3.05) is 0 Å². The van der Waals surface area contributed by atoms with Gasteiger partial charge in [-0.05, 0) is 54.3 Å². The van der Waals surface area contributed by atoms with Crippen LogP contribution in [0.15, 0.2) is 54.9 Å². The molecule has 0 aliphatic rings. The third kappa shape index (κ3) is 3.70. The zero-order valence-electron chi connectivity index (χ0n) is 18.6. The summed E-state index contributed by atoms with van der Waals surface area (Å²) < 4.78 is 39.1. The Bertz CT molecular complexity index is 1510. The molecular weight excluding hydrogens is 439 g/mol. The van der Waals surface area contributed by atoms with Crippen LogP contribution < -0.4 is 4.72 Å². The lowest BCUT2D eigenvalue weighted by Crippen LogP contribution is -2.19. The standard InChI is InChI=1S/C25H25FN4O2S/c1-14(2)23-24(19-5-4-6-22-18(19)8-10-30(22)13-28-33(31)32)15(3)29-25(23)20-11-16(26)12-21-17(20)7-9-27-21/h4-12,14,27-29H,13H2,1-3H3,(H,31,32). The predicted octanol–water partition coefficient (Wildman–Crippen LogP) is 6.04. The number of halogens is 1. The van der Waals surface area contributed by atoms with Gasteiger partial charge in [0.15, 0.2) is 0 Å². The van der Waals surface area contributed by atoms with E-state index in [1.165, 1.54) is 6.07 Å². The van der Waals surface area contributed by atoms with E-state index in [0.29, 0.717) is 0 Å². The van der Waals surface area contributed by atoms with E-state index in [4.69, 9.17) is 4.55 Å². The fraction of sp³-hybridized carbons (Fsp3) is 0.200. The normalized spacial score (nSPS) is 12.9. The van der Waals surface area contributed by atoms with Crippen LogP contribution in [-0.2, 0) is 17.9 Å². The number of H-pyrrole nitrogens is 2. The number of benzene rings is 2. The number of fused-ring (bicyclic) bond motifs is 2. The third-order valence-corrected chi connectivity index (χ3v) is 6.52. The Kier molecular flexibility index (Phi) is 5.44. The molecule has 0 aliphatic carbocycles. The molecule has 2 aromatic carbocycles. The number of aromatic nitrogens is 3. The highest BCUT2D eigenvalue weighted by molar-refractivity contribution is 7.77. The molecule has 3 heterocycles. The Morgan fingerprint density at radius 1 is 1.15 bits per heavy atom. The molecule has 0 aliphatic heterocycles. The van der Waals surface area contributed by atoms with Crippen molar-refractivity contribution in [1.82, 2.24) is 19.3 Å². The minimum atomic E-state index is -2.09. The maximum Gasteiger partial charge on any atom is 0.233 e. The second-order valence-electron chi connectivity index (χ2n) is 8.54. The van der Waals surface area contributed by atoms with Gasteiger partial charge in [0.2, 0.25) is 11.3 Å². The van der Waals surface area contributed by atoms with Crippen molar-refractivity contribution in [3.05, 3.63) is 71.9 Å². The predicted molar refractivity (Wildman–Crippen MR) is 132 cm³/mol. The summed E-state index contributed by atoms with van der Waals surface area (Å²) in [5, 5.41) is 2.02. The molecule has 8 heteroatoms. The molecule has 5 aromatic rings. The fourth-order valence-corrected chi connectivity index (χ4v) is 5.07. The first-order valence-electron chi connectivity index (χ1n) is 10.8. The van der Waals surface area contributed by atoms with E-state index in [-0.39, 0.29) is 18.4 Å². The van der Waals surface area contributed by atoms with Crippen molar-refractivity contribution in [3.8, 4) is 22.4 Å². The van der Waals surface area contributed by atoms with Crippen molar-refractivity contribution in [1.29, 1.82) is 0 Å². The van der Waals surface area contributed by atoms with Crippen LogP contribution in [0.2, 0.25) is 0 Å². The van der Waals surface area contributed by atoms with Gasteiger partial charge in [0.05, 0.1) is 12.4 Å². The third-order valence-electron chi connectivity index (χ3n) is 6.15. The number of nitrogens with one attached hydrogen (secondary N) is 3. The second kappa shape index (κ2) is 8.30. The minimum absolute atomic E-state index is 0.188. The van der Waals surface area contributed by atoms with Crippen LogP contribution >= 0.6 is 0 Å². The Morgan fingerprint density at radius 2 is 1.97 bits per heavy atom. The molecule has 6 nitrogen and oxygen atoms in total. The molecule has 1 unspecified atom stereocenters. The van der Waals surface area contributed by atoms with E-state index in [1.54, 1.807) is 6.07 Å². The molecule has 0 amide bonds. The lowest BCUT2D eigenvalue weighted by atomic mass is 9.89. The van der Waals surface area contributed by atoms with E-state index in [0.717, 1.165) is 55.4 Å². The highest BCUT2D eigenvalue weighted by atomic mass is 32.2. The van der Waals surface area contributed by atoms with E-state index >= 15 is 0 Å². The molecule has 33 heavy (non-hydrogen) atoms. The van der Waals surface area contributed by atoms with Crippen LogP contribution in [0.5, 0.6) is 0 Å². The van der Waals surface area contributed by atoms with Gasteiger partial charge in [0.25, 0.3) is 0 Å². The van der Waals surface area contributed by atoms with Crippen LogP contribution in [-0.4, -0.2) is 23.3 Å². The zero-order valence-corrected chi connectivity index (χ0v) is 19.4. The van der Waals surface area contributed by atoms with Crippen molar-refractivity contribution in [3.63, 3.8) is 0 Å². The molecular formula is C25H25FN4O2S. The van der Waals surface area contributed by atoms with Gasteiger partial charge in [0.1, 0.15) is 5.82 Å². The molecule has 1 atom stereocenters. The van der Waals surface area contributed by atoms with Crippen LogP contribution in [0, 0.1) is 12.7 Å². The molecule has 0 saturated carbocycles. The molecule has 0 saturated heterocycles. The molecule has 0 spiro atoms. The Morgan fingerprint density at radius 3 is 2.73 bits per heavy atom. The number of rotatable bonds is 6. The Hall–Kier alpha value is -3.20. The van der Waals surface area contributed by atoms with Gasteiger partial charge in [-0.3, -0.25) is 4.55 Å². The number of hydrogen-bond donors (Lipinski definition) is 4. The summed E-state index contributed by atoms with van der Waals surface area (Å²) >= 11 is -2.09. The quantitative estimate of drug-likeness (QED) is 0.231. The average Bonchev–Trinajstić information content (AvgIpc) is 3.47. The summed E-state index contributed by atoms with van der Waals surface area (Å²) in [6, 6.07) is 13.2. The summed E-state index contributed by atoms with van der Waals surface area (Å²) in [7, 11) is 0. The Balaban J connectivity index is 1.74. The molecule has 170 valence electrons. The van der Waals surface area contributed by atoms with E-state index in [9.17, 15) is 8.60 Å². The summed E-state index contributed by atoms with van der Waals surface area (Å²) in [5.41, 5.74) is 7.81. The van der Waals surface area contributed by atoms with E-state index in [1.807, 2.05) is 48.1 Å². The molecule has 0 bridgehead atoms. The zero-order chi connectivity index (χ0) is 23.3. The van der Waals surface area contributed by atoms with Crippen molar-refractivity contribution in [2.24, 2.45) is 0 Å². The summed E-state index contributed by atoms with van der Waals surface area (Å²) in [6.45, 7) is 6.56. The van der Waals surface area contributed by atoms with Gasteiger partial charge in [-0.1, -0.05) is 26.0 Å². The number of aryl methyl sites for hydroxylation is 1. The smallest absolute Gasteiger partial charge is 0.233 e. The molecule has 0 radical (unpaired) electrons. The summed E-state index contributed by atoms with van der Waals surface area (Å²) in [6.07, 6.45) is 3.73. The second-order valence-corrected chi connectivity index (χ2v) is 9.32. The highest BCUT2D eigenvalue weighted by Gasteiger charge is 2.23. The first-order valence-corrected chi connectivity index (χ1v) is 11.9. The van der Waals surface area contributed by atoms with Crippen LogP contribution in [0.1, 0.15) is 31.0 Å². The number of nitrogens with zero attached hydrogens (tertiary/aromatic N) is 1. The molecule has 0 fully saturated rings. The lowest BCUT2D eigenvalue weighted by Gasteiger charge is -2.14. The lowest BCUT2D eigenvalue weighted by molar-refractivity contribution is 0.535. The topological polar surface area (TPSA) is 85.8 Å². The van der Waals surface area contributed by atoms with Crippen molar-refractivity contribution in [2.45, 2.75) is 33.4 Å². The van der Waals surface area contributed by atoms with Crippen molar-refractivity contribution >= 4 is 33.1 Å². The first-order chi connectivity index (χ1) is 15.8. The first kappa shape index (κ1) is 21.6. The van der Waals surface area contributed by atoms with Gasteiger partial charge in [-0.25, -0.2) is 8.60 Å². The van der Waals surface area contributed by atoms with Crippen molar-refractivity contribution < 1.29 is 13.2 Å². The van der Waals surface area contributed by atoms with Gasteiger partial charge in [-0.15, -0.1) is 0 Å². The average molecular weight is 465 g/mol. The monoisotopic (exact) mass is 464 g/mol. The van der Waals surface area contributed by atoms with Gasteiger partial charge < -0.3 is 14.5 Å². The van der Waals surface area contributed by atoms with Gasteiger partial charge >= 0.3 is 0 Å². The largest absolute Gasteiger partial charge is 0.361 e. The SMILES string of the molecule is Cc1[nH]c(-c2cc(F)cc3[nH]ccc23)c(C(C)C)c1-c1cccc2c1ccn2CNS(=O)O. The maximum atomic E-state index is 14.5. The Labute approximate surface area is 193 Å². The van der Waals surface area contributed by atoms with E-state index < -0.39 is 11.3 Å². The fourth-order valence-electron chi connectivity index (χ4n) is 4.82. The number of hydrogen-bond acceptors (Lipinski definition) is 1. The number of aromatic amines is 2. The minimum Gasteiger partial charge on any atom is -0.361 e. The van der Waals surface area contributed by atoms with E-state index in [2.05, 4.69) is 34.6 Å². The summed E-state index contributed by atoms with van der Waals surface area (Å²) in [4.78, 5) is 6.67. The molecule has 3 aromatic heterocycles. The summed E-state index contributed by atoms with van der Waals surface area (Å²) in [5.74, 6) is -0.0931. The van der Waals surface area contributed by atoms with Crippen LogP contribution in [0.4, 0.5) is 4.39 Å². The van der Waals surface area contributed by atoms with Gasteiger partial charge in [0, 0.05) is 51.0 Å². The maximum absolute atomic E-state index is 14.5. The van der Waals surface area contributed by atoms with Crippen LogP contribution in [0.25, 0.3) is 44.2 Å².